The van der Waals surface area contributed by atoms with Crippen LogP contribution in [0.1, 0.15) is 25.3 Å². The second kappa shape index (κ2) is 3.73. The number of hydrogen-bond acceptors (Lipinski definition) is 3. The number of hydrogen-bond donors (Lipinski definition) is 0. The second-order valence-corrected chi connectivity index (χ2v) is 7.16. The minimum absolute atomic E-state index is 0.159. The van der Waals surface area contributed by atoms with Crippen LogP contribution in [-0.4, -0.2) is 20.3 Å². The van der Waals surface area contributed by atoms with Crippen LogP contribution in [0.2, 0.25) is 0 Å². The lowest BCUT2D eigenvalue weighted by Crippen LogP contribution is -2.08. The van der Waals surface area contributed by atoms with Crippen molar-refractivity contribution in [3.63, 3.8) is 0 Å². The first-order chi connectivity index (χ1) is 8.04. The molecule has 3 nitrogen and oxygen atoms in total. The Morgan fingerprint density at radius 1 is 1.35 bits per heavy atom. The molecule has 1 unspecified atom stereocenters. The summed E-state index contributed by atoms with van der Waals surface area (Å²) in [5, 5.41) is 0. The maximum Gasteiger partial charge on any atom is 0.178 e. The zero-order valence-corrected chi connectivity index (χ0v) is 10.7. The van der Waals surface area contributed by atoms with E-state index in [-0.39, 0.29) is 6.10 Å². The standard InChI is InChI=1S/C13H16O3S/c1-9-6-11-7-12(4-5-13(11)16-9)17(14,15)8-10-2-3-10/h4-5,7,9-10H,2-3,6,8H2,1H3. The SMILES string of the molecule is CC1Cc2cc(S(=O)(=O)CC3CC3)ccc2O1. The van der Waals surface area contributed by atoms with E-state index in [9.17, 15) is 8.42 Å². The van der Waals surface area contributed by atoms with Crippen LogP contribution in [0.5, 0.6) is 5.75 Å². The average molecular weight is 252 g/mol. The third-order valence-corrected chi connectivity index (χ3v) is 5.26. The van der Waals surface area contributed by atoms with Crippen LogP contribution in [0.15, 0.2) is 23.1 Å². The van der Waals surface area contributed by atoms with Crippen LogP contribution in [-0.2, 0) is 16.3 Å². The van der Waals surface area contributed by atoms with Gasteiger partial charge < -0.3 is 4.74 Å². The van der Waals surface area contributed by atoms with Gasteiger partial charge in [0.2, 0.25) is 0 Å². The van der Waals surface area contributed by atoms with Gasteiger partial charge in [0.1, 0.15) is 11.9 Å². The Labute approximate surface area is 102 Å². The minimum Gasteiger partial charge on any atom is -0.490 e. The third kappa shape index (κ3) is 2.18. The molecule has 3 rings (SSSR count). The normalized spacial score (nSPS) is 23.2. The molecule has 1 aromatic rings. The van der Waals surface area contributed by atoms with E-state index in [1.165, 1.54) is 0 Å². The van der Waals surface area contributed by atoms with Crippen molar-refractivity contribution in [1.29, 1.82) is 0 Å². The Bertz CT molecular complexity index is 544. The lowest BCUT2D eigenvalue weighted by atomic mass is 10.1. The Morgan fingerprint density at radius 3 is 2.82 bits per heavy atom. The Hall–Kier alpha value is -1.03. The maximum absolute atomic E-state index is 12.1. The summed E-state index contributed by atoms with van der Waals surface area (Å²) in [4.78, 5) is 0.459. The first-order valence-electron chi connectivity index (χ1n) is 6.07. The molecule has 0 spiro atoms. The van der Waals surface area contributed by atoms with Crippen molar-refractivity contribution in [3.05, 3.63) is 23.8 Å². The summed E-state index contributed by atoms with van der Waals surface area (Å²) in [6.07, 6.45) is 3.09. The number of ether oxygens (including phenoxy) is 1. The van der Waals surface area contributed by atoms with E-state index in [0.29, 0.717) is 16.6 Å². The third-order valence-electron chi connectivity index (χ3n) is 3.38. The van der Waals surface area contributed by atoms with E-state index < -0.39 is 9.84 Å². The predicted molar refractivity (Wildman–Crippen MR) is 65.0 cm³/mol. The molecular weight excluding hydrogens is 236 g/mol. The van der Waals surface area contributed by atoms with Gasteiger partial charge in [-0.2, -0.15) is 0 Å². The van der Waals surface area contributed by atoms with E-state index in [1.54, 1.807) is 18.2 Å². The number of fused-ring (bicyclic) bond motifs is 1. The molecule has 0 amide bonds. The van der Waals surface area contributed by atoms with E-state index in [0.717, 1.165) is 30.6 Å². The van der Waals surface area contributed by atoms with Crippen molar-refractivity contribution in [1.82, 2.24) is 0 Å². The molecular formula is C13H16O3S. The van der Waals surface area contributed by atoms with Crippen LogP contribution >= 0.6 is 0 Å². The van der Waals surface area contributed by atoms with Gasteiger partial charge in [-0.1, -0.05) is 0 Å². The topological polar surface area (TPSA) is 43.4 Å². The zero-order chi connectivity index (χ0) is 12.0. The Morgan fingerprint density at radius 2 is 2.12 bits per heavy atom. The van der Waals surface area contributed by atoms with Crippen molar-refractivity contribution >= 4 is 9.84 Å². The molecule has 4 heteroatoms. The summed E-state index contributed by atoms with van der Waals surface area (Å²) >= 11 is 0. The Balaban J connectivity index is 1.91. The van der Waals surface area contributed by atoms with Crippen LogP contribution in [0.4, 0.5) is 0 Å². The van der Waals surface area contributed by atoms with Gasteiger partial charge >= 0.3 is 0 Å². The monoisotopic (exact) mass is 252 g/mol. The van der Waals surface area contributed by atoms with Crippen LogP contribution in [0.25, 0.3) is 0 Å². The average Bonchev–Trinajstić information content (AvgIpc) is 2.95. The van der Waals surface area contributed by atoms with Gasteiger partial charge in [-0.25, -0.2) is 8.42 Å². The molecule has 92 valence electrons. The predicted octanol–water partition coefficient (Wildman–Crippen LogP) is 2.19. The highest BCUT2D eigenvalue weighted by Crippen LogP contribution is 2.35. The van der Waals surface area contributed by atoms with Crippen molar-refractivity contribution < 1.29 is 13.2 Å². The van der Waals surface area contributed by atoms with Crippen LogP contribution in [0, 0.1) is 5.92 Å². The summed E-state index contributed by atoms with van der Waals surface area (Å²) in [6, 6.07) is 5.25. The summed E-state index contributed by atoms with van der Waals surface area (Å²) in [5.74, 6) is 1.54. The highest BCUT2D eigenvalue weighted by atomic mass is 32.2. The number of rotatable bonds is 3. The molecule has 0 aromatic heterocycles. The fourth-order valence-electron chi connectivity index (χ4n) is 2.28. The van der Waals surface area contributed by atoms with Crippen LogP contribution in [0.3, 0.4) is 0 Å². The molecule has 0 saturated heterocycles. The second-order valence-electron chi connectivity index (χ2n) is 5.13. The quantitative estimate of drug-likeness (QED) is 0.828. The van der Waals surface area contributed by atoms with Gasteiger partial charge in [-0.05, 0) is 49.4 Å². The molecule has 1 fully saturated rings. The van der Waals surface area contributed by atoms with Gasteiger partial charge in [-0.3, -0.25) is 0 Å². The van der Waals surface area contributed by atoms with Gasteiger partial charge in [0.25, 0.3) is 0 Å². The van der Waals surface area contributed by atoms with Gasteiger partial charge in [0, 0.05) is 6.42 Å². The van der Waals surface area contributed by atoms with Gasteiger partial charge in [0.15, 0.2) is 9.84 Å². The minimum atomic E-state index is -3.09. The van der Waals surface area contributed by atoms with Gasteiger partial charge in [0.05, 0.1) is 10.6 Å². The smallest absolute Gasteiger partial charge is 0.178 e. The first kappa shape index (κ1) is 11.1. The van der Waals surface area contributed by atoms with Crippen molar-refractivity contribution in [2.75, 3.05) is 5.75 Å². The first-order valence-corrected chi connectivity index (χ1v) is 7.72. The number of sulfone groups is 1. The summed E-state index contributed by atoms with van der Waals surface area (Å²) in [7, 11) is -3.09. The van der Waals surface area contributed by atoms with Crippen LogP contribution < -0.4 is 4.74 Å². The Kier molecular flexibility index (Phi) is 2.43. The lowest BCUT2D eigenvalue weighted by molar-refractivity contribution is 0.254. The number of benzene rings is 1. The lowest BCUT2D eigenvalue weighted by Gasteiger charge is -2.05. The molecule has 0 N–H and O–H groups in total. The van der Waals surface area contributed by atoms with Crippen molar-refractivity contribution in [2.24, 2.45) is 5.92 Å². The molecule has 1 aromatic carbocycles. The molecule has 0 radical (unpaired) electrons. The highest BCUT2D eigenvalue weighted by Gasteiger charge is 2.30. The molecule has 1 aliphatic heterocycles. The van der Waals surface area contributed by atoms with Crippen molar-refractivity contribution in [2.45, 2.75) is 37.2 Å². The molecule has 1 saturated carbocycles. The molecule has 1 atom stereocenters. The van der Waals surface area contributed by atoms with E-state index in [2.05, 4.69) is 0 Å². The molecule has 1 aliphatic carbocycles. The molecule has 1 heterocycles. The fourth-order valence-corrected chi connectivity index (χ4v) is 4.03. The zero-order valence-electron chi connectivity index (χ0n) is 9.85. The van der Waals surface area contributed by atoms with E-state index >= 15 is 0 Å². The fraction of sp³-hybridized carbons (Fsp3) is 0.538. The summed E-state index contributed by atoms with van der Waals surface area (Å²) in [6.45, 7) is 2.00. The summed E-state index contributed by atoms with van der Waals surface area (Å²) < 4.78 is 29.8. The highest BCUT2D eigenvalue weighted by molar-refractivity contribution is 7.91. The maximum atomic E-state index is 12.1. The largest absolute Gasteiger partial charge is 0.490 e. The van der Waals surface area contributed by atoms with E-state index in [1.807, 2.05) is 6.92 Å². The molecule has 2 aliphatic rings. The molecule has 17 heavy (non-hydrogen) atoms. The molecule has 0 bridgehead atoms. The summed E-state index contributed by atoms with van der Waals surface area (Å²) in [5.41, 5.74) is 1.02. The van der Waals surface area contributed by atoms with E-state index in [4.69, 9.17) is 4.74 Å². The van der Waals surface area contributed by atoms with Crippen molar-refractivity contribution in [3.8, 4) is 5.75 Å². The van der Waals surface area contributed by atoms with Gasteiger partial charge in [-0.15, -0.1) is 0 Å².